The van der Waals surface area contributed by atoms with Gasteiger partial charge < -0.3 is 4.98 Å². The van der Waals surface area contributed by atoms with Gasteiger partial charge in [-0.05, 0) is 22.3 Å². The largest absolute Gasteiger partial charge is 0.354 e. The van der Waals surface area contributed by atoms with Crippen LogP contribution in [0.5, 0.6) is 0 Å². The van der Waals surface area contributed by atoms with Gasteiger partial charge in [-0.2, -0.15) is 0 Å². The summed E-state index contributed by atoms with van der Waals surface area (Å²) >= 11 is 0. The van der Waals surface area contributed by atoms with Crippen LogP contribution in [0.25, 0.3) is 21.8 Å². The normalized spacial score (nSPS) is 12.4. The fourth-order valence-corrected chi connectivity index (χ4v) is 3.42. The number of rotatable bonds is 0. The summed E-state index contributed by atoms with van der Waals surface area (Å²) in [6.45, 7) is 6.79. The summed E-state index contributed by atoms with van der Waals surface area (Å²) in [6, 6.07) is 12.9. The molecular weight excluding hydrogens is 237 g/mol. The van der Waals surface area contributed by atoms with Crippen LogP contribution in [-0.4, -0.2) is 4.98 Å². The minimum Gasteiger partial charge on any atom is -0.354 e. The van der Waals surface area contributed by atoms with Crippen LogP contribution in [0.4, 0.5) is 0 Å². The molecule has 0 spiro atoms. The zero-order valence-electron chi connectivity index (χ0n) is 11.0. The highest BCUT2D eigenvalue weighted by Crippen LogP contribution is 2.33. The summed E-state index contributed by atoms with van der Waals surface area (Å²) in [5.41, 5.74) is 4.02. The van der Waals surface area contributed by atoms with Gasteiger partial charge in [0.15, 0.2) is 0 Å². The summed E-state index contributed by atoms with van der Waals surface area (Å²) in [5.74, 6) is 0. The number of fused-ring (bicyclic) bond motifs is 3. The zero-order valence-corrected chi connectivity index (χ0v) is 12.2. The Morgan fingerprint density at radius 1 is 0.944 bits per heavy atom. The molecule has 0 aliphatic rings. The minimum atomic E-state index is 0.136. The highest BCUT2D eigenvalue weighted by molar-refractivity contribution is 7.27. The van der Waals surface area contributed by atoms with Gasteiger partial charge in [-0.15, -0.1) is 9.24 Å². The first-order valence-corrected chi connectivity index (χ1v) is 6.85. The molecule has 92 valence electrons. The van der Waals surface area contributed by atoms with E-state index < -0.39 is 0 Å². The number of hydrogen-bond donors (Lipinski definition) is 1. The second kappa shape index (κ2) is 3.83. The average Bonchev–Trinajstić information content (AvgIpc) is 2.64. The molecule has 2 aromatic carbocycles. The molecule has 0 amide bonds. The van der Waals surface area contributed by atoms with Crippen molar-refractivity contribution in [3.05, 3.63) is 42.0 Å². The fraction of sp³-hybridized carbons (Fsp3) is 0.250. The van der Waals surface area contributed by atoms with E-state index in [-0.39, 0.29) is 5.41 Å². The van der Waals surface area contributed by atoms with Crippen LogP contribution in [0.2, 0.25) is 0 Å². The van der Waals surface area contributed by atoms with Gasteiger partial charge in [0.25, 0.3) is 0 Å². The molecule has 1 atom stereocenters. The molecule has 0 fully saturated rings. The monoisotopic (exact) mass is 255 g/mol. The molecule has 1 nitrogen and oxygen atoms in total. The molecule has 1 unspecified atom stereocenters. The lowest BCUT2D eigenvalue weighted by Crippen LogP contribution is -2.19. The first-order chi connectivity index (χ1) is 8.48. The molecule has 1 heterocycles. The van der Waals surface area contributed by atoms with Crippen molar-refractivity contribution in [1.82, 2.24) is 4.98 Å². The van der Waals surface area contributed by atoms with Gasteiger partial charge in [0, 0.05) is 16.3 Å². The summed E-state index contributed by atoms with van der Waals surface area (Å²) < 4.78 is 0. The molecule has 2 heteroatoms. The molecular formula is C16H18NP. The van der Waals surface area contributed by atoms with E-state index in [0.29, 0.717) is 0 Å². The third-order valence-corrected chi connectivity index (χ3v) is 3.95. The van der Waals surface area contributed by atoms with Crippen molar-refractivity contribution < 1.29 is 0 Å². The first kappa shape index (κ1) is 11.7. The average molecular weight is 255 g/mol. The Hall–Kier alpha value is -1.33. The van der Waals surface area contributed by atoms with E-state index in [4.69, 9.17) is 0 Å². The number of nitrogens with one attached hydrogen (secondary N) is 1. The number of aromatic nitrogens is 1. The van der Waals surface area contributed by atoms with Crippen molar-refractivity contribution in [1.29, 1.82) is 0 Å². The highest BCUT2D eigenvalue weighted by Gasteiger charge is 2.21. The molecule has 3 aromatic rings. The van der Waals surface area contributed by atoms with Gasteiger partial charge in [0.1, 0.15) is 0 Å². The molecule has 1 N–H and O–H groups in total. The van der Waals surface area contributed by atoms with E-state index in [1.54, 1.807) is 0 Å². The van der Waals surface area contributed by atoms with Crippen molar-refractivity contribution in [2.24, 2.45) is 0 Å². The summed E-state index contributed by atoms with van der Waals surface area (Å²) in [5, 5.41) is 3.91. The zero-order chi connectivity index (χ0) is 12.9. The lowest BCUT2D eigenvalue weighted by molar-refractivity contribution is 0.599. The smallest absolute Gasteiger partial charge is 0.0509 e. The van der Waals surface area contributed by atoms with Crippen molar-refractivity contribution in [2.45, 2.75) is 26.2 Å². The molecule has 0 bridgehead atoms. The molecule has 18 heavy (non-hydrogen) atoms. The van der Waals surface area contributed by atoms with E-state index in [2.05, 4.69) is 71.4 Å². The van der Waals surface area contributed by atoms with Gasteiger partial charge in [0.05, 0.1) is 5.52 Å². The first-order valence-electron chi connectivity index (χ1n) is 6.28. The Kier molecular flexibility index (Phi) is 2.50. The van der Waals surface area contributed by atoms with Crippen LogP contribution in [0.1, 0.15) is 26.3 Å². The van der Waals surface area contributed by atoms with Gasteiger partial charge in [0.2, 0.25) is 0 Å². The van der Waals surface area contributed by atoms with Crippen molar-refractivity contribution in [2.75, 3.05) is 0 Å². The Balaban J connectivity index is 2.52. The van der Waals surface area contributed by atoms with Gasteiger partial charge >= 0.3 is 0 Å². The van der Waals surface area contributed by atoms with Crippen LogP contribution in [0.15, 0.2) is 36.4 Å². The lowest BCUT2D eigenvalue weighted by atomic mass is 9.85. The van der Waals surface area contributed by atoms with Gasteiger partial charge in [-0.3, -0.25) is 0 Å². The van der Waals surface area contributed by atoms with Crippen LogP contribution in [0.3, 0.4) is 0 Å². The van der Waals surface area contributed by atoms with Crippen LogP contribution < -0.4 is 5.30 Å². The lowest BCUT2D eigenvalue weighted by Gasteiger charge is -2.22. The maximum absolute atomic E-state index is 3.58. The minimum absolute atomic E-state index is 0.136. The predicted octanol–water partition coefficient (Wildman–Crippen LogP) is 4.12. The van der Waals surface area contributed by atoms with Crippen LogP contribution in [-0.2, 0) is 5.41 Å². The van der Waals surface area contributed by atoms with Gasteiger partial charge in [-0.1, -0.05) is 51.1 Å². The quantitative estimate of drug-likeness (QED) is 0.582. The second-order valence-electron chi connectivity index (χ2n) is 5.87. The molecule has 0 aliphatic carbocycles. The number of benzene rings is 2. The van der Waals surface area contributed by atoms with Crippen molar-refractivity contribution in [3.63, 3.8) is 0 Å². The standard InChI is InChI=1S/C16H18NP/c1-16(2,3)14-13(18)9-8-11-10-6-4-5-7-12(10)17-15(11)14/h4-9,17H,18H2,1-3H3. The molecule has 0 saturated heterocycles. The topological polar surface area (TPSA) is 15.8 Å². The number of para-hydroxylation sites is 1. The summed E-state index contributed by atoms with van der Waals surface area (Å²) in [7, 11) is 2.86. The molecule has 0 radical (unpaired) electrons. The molecule has 3 rings (SSSR count). The Labute approximate surface area is 110 Å². The highest BCUT2D eigenvalue weighted by atomic mass is 31.0. The van der Waals surface area contributed by atoms with Crippen molar-refractivity contribution >= 4 is 36.4 Å². The van der Waals surface area contributed by atoms with E-state index in [9.17, 15) is 0 Å². The van der Waals surface area contributed by atoms with E-state index >= 15 is 0 Å². The number of H-pyrrole nitrogens is 1. The number of aromatic amines is 1. The summed E-state index contributed by atoms with van der Waals surface area (Å²) in [6.07, 6.45) is 0. The fourth-order valence-electron chi connectivity index (χ4n) is 2.74. The Morgan fingerprint density at radius 2 is 1.67 bits per heavy atom. The molecule has 0 aliphatic heterocycles. The maximum Gasteiger partial charge on any atom is 0.0509 e. The van der Waals surface area contributed by atoms with E-state index in [0.717, 1.165) is 0 Å². The summed E-state index contributed by atoms with van der Waals surface area (Å²) in [4.78, 5) is 3.58. The molecule has 1 aromatic heterocycles. The van der Waals surface area contributed by atoms with E-state index in [1.165, 1.54) is 32.7 Å². The third-order valence-electron chi connectivity index (χ3n) is 3.46. The third kappa shape index (κ3) is 1.66. The molecule has 0 saturated carbocycles. The van der Waals surface area contributed by atoms with Crippen LogP contribution >= 0.6 is 9.24 Å². The van der Waals surface area contributed by atoms with Crippen LogP contribution in [0, 0.1) is 0 Å². The Morgan fingerprint density at radius 3 is 2.39 bits per heavy atom. The SMILES string of the molecule is CC(C)(C)c1c(P)ccc2c1[nH]c1ccccc12. The second-order valence-corrected chi connectivity index (χ2v) is 6.49. The maximum atomic E-state index is 3.58. The van der Waals surface area contributed by atoms with Gasteiger partial charge in [-0.25, -0.2) is 0 Å². The van der Waals surface area contributed by atoms with Crippen molar-refractivity contribution in [3.8, 4) is 0 Å². The van der Waals surface area contributed by atoms with E-state index in [1.807, 2.05) is 0 Å². The number of hydrogen-bond acceptors (Lipinski definition) is 0. The predicted molar refractivity (Wildman–Crippen MR) is 83.8 cm³/mol. The Bertz CT molecular complexity index is 732.